The van der Waals surface area contributed by atoms with Crippen LogP contribution in [0.4, 0.5) is 5.82 Å². The van der Waals surface area contributed by atoms with Gasteiger partial charge in [-0.05, 0) is 12.5 Å². The average molecular weight is 316 g/mol. The molecule has 0 fully saturated rings. The molecule has 4 rings (SSSR count). The van der Waals surface area contributed by atoms with E-state index >= 15 is 0 Å². The molecule has 2 aromatic heterocycles. The van der Waals surface area contributed by atoms with Crippen molar-refractivity contribution < 1.29 is 4.52 Å². The van der Waals surface area contributed by atoms with Crippen molar-refractivity contribution in [3.8, 4) is 11.3 Å². The summed E-state index contributed by atoms with van der Waals surface area (Å²) in [5.41, 5.74) is 5.37. The summed E-state index contributed by atoms with van der Waals surface area (Å²) in [6.07, 6.45) is 1.53. The van der Waals surface area contributed by atoms with Crippen LogP contribution in [0.1, 0.15) is 11.1 Å². The summed E-state index contributed by atoms with van der Waals surface area (Å²) in [5.74, 6) is 0.648. The van der Waals surface area contributed by atoms with Crippen molar-refractivity contribution in [1.82, 2.24) is 15.1 Å². The van der Waals surface area contributed by atoms with Gasteiger partial charge in [-0.2, -0.15) is 0 Å². The van der Waals surface area contributed by atoms with Crippen molar-refractivity contribution in [3.63, 3.8) is 0 Å². The Labute approximate surface area is 139 Å². The molecule has 0 aliphatic heterocycles. The Bertz CT molecular complexity index is 962. The van der Waals surface area contributed by atoms with Crippen LogP contribution in [0.5, 0.6) is 0 Å². The minimum atomic E-state index is 0.573. The average Bonchev–Trinajstić information content (AvgIpc) is 3.06. The zero-order valence-corrected chi connectivity index (χ0v) is 13.2. The summed E-state index contributed by atoms with van der Waals surface area (Å²) in [4.78, 5) is 8.64. The lowest BCUT2D eigenvalue weighted by atomic mass is 10.1. The number of nitrogens with zero attached hydrogens (tertiary/aromatic N) is 3. The molecule has 0 unspecified atom stereocenters. The summed E-state index contributed by atoms with van der Waals surface area (Å²) in [5, 5.41) is 7.49. The number of hydrogen-bond donors (Lipinski definition) is 1. The molecule has 5 nitrogen and oxygen atoms in total. The number of nitrogens with one attached hydrogen (secondary N) is 1. The van der Waals surface area contributed by atoms with Crippen LogP contribution in [0, 0.1) is 6.92 Å². The molecule has 0 saturated carbocycles. The SMILES string of the molecule is Cc1ccc(-c2noc3c(NCc4ccccc4)ncnc23)cc1. The minimum Gasteiger partial charge on any atom is -0.363 e. The topological polar surface area (TPSA) is 63.8 Å². The Hall–Kier alpha value is -3.21. The first-order valence-corrected chi connectivity index (χ1v) is 7.76. The third-order valence-corrected chi connectivity index (χ3v) is 3.88. The van der Waals surface area contributed by atoms with E-state index in [1.165, 1.54) is 17.5 Å². The molecule has 118 valence electrons. The van der Waals surface area contributed by atoms with Gasteiger partial charge in [-0.1, -0.05) is 65.3 Å². The van der Waals surface area contributed by atoms with E-state index in [4.69, 9.17) is 4.52 Å². The van der Waals surface area contributed by atoms with Gasteiger partial charge in [-0.25, -0.2) is 9.97 Å². The van der Waals surface area contributed by atoms with E-state index in [9.17, 15) is 0 Å². The highest BCUT2D eigenvalue weighted by atomic mass is 16.5. The number of aryl methyl sites for hydroxylation is 1. The normalized spacial score (nSPS) is 10.9. The lowest BCUT2D eigenvalue weighted by Gasteiger charge is -2.05. The molecule has 4 aromatic rings. The van der Waals surface area contributed by atoms with Crippen LogP contribution in [0.15, 0.2) is 65.4 Å². The maximum Gasteiger partial charge on any atom is 0.228 e. The van der Waals surface area contributed by atoms with Crippen LogP contribution in [0.25, 0.3) is 22.4 Å². The van der Waals surface area contributed by atoms with E-state index in [0.717, 1.165) is 11.3 Å². The molecule has 0 amide bonds. The number of benzene rings is 2. The molecule has 0 atom stereocenters. The van der Waals surface area contributed by atoms with Crippen molar-refractivity contribution in [3.05, 3.63) is 72.1 Å². The van der Waals surface area contributed by atoms with Crippen molar-refractivity contribution in [2.75, 3.05) is 5.32 Å². The van der Waals surface area contributed by atoms with Crippen LogP contribution in [0.2, 0.25) is 0 Å². The molecule has 0 aliphatic rings. The molecule has 0 aliphatic carbocycles. The lowest BCUT2D eigenvalue weighted by Crippen LogP contribution is -2.01. The van der Waals surface area contributed by atoms with Gasteiger partial charge in [0, 0.05) is 12.1 Å². The zero-order chi connectivity index (χ0) is 16.4. The fourth-order valence-corrected chi connectivity index (χ4v) is 2.57. The highest BCUT2D eigenvalue weighted by Crippen LogP contribution is 2.29. The molecule has 0 bridgehead atoms. The van der Waals surface area contributed by atoms with Gasteiger partial charge in [0.2, 0.25) is 5.58 Å². The first-order valence-electron chi connectivity index (χ1n) is 7.76. The van der Waals surface area contributed by atoms with Crippen molar-refractivity contribution >= 4 is 16.9 Å². The van der Waals surface area contributed by atoms with Gasteiger partial charge in [0.25, 0.3) is 0 Å². The van der Waals surface area contributed by atoms with E-state index < -0.39 is 0 Å². The van der Waals surface area contributed by atoms with Crippen LogP contribution in [-0.4, -0.2) is 15.1 Å². The third-order valence-electron chi connectivity index (χ3n) is 3.88. The predicted octanol–water partition coefficient (Wildman–Crippen LogP) is 4.21. The van der Waals surface area contributed by atoms with Crippen LogP contribution < -0.4 is 5.32 Å². The van der Waals surface area contributed by atoms with Crippen LogP contribution in [-0.2, 0) is 6.54 Å². The van der Waals surface area contributed by atoms with Crippen molar-refractivity contribution in [2.45, 2.75) is 13.5 Å². The number of anilines is 1. The van der Waals surface area contributed by atoms with Gasteiger partial charge in [-0.3, -0.25) is 0 Å². The van der Waals surface area contributed by atoms with E-state index in [1.54, 1.807) is 0 Å². The van der Waals surface area contributed by atoms with Gasteiger partial charge in [0.1, 0.15) is 17.5 Å². The van der Waals surface area contributed by atoms with Gasteiger partial charge >= 0.3 is 0 Å². The second-order valence-electron chi connectivity index (χ2n) is 5.64. The summed E-state index contributed by atoms with van der Waals surface area (Å²) in [7, 11) is 0. The quantitative estimate of drug-likeness (QED) is 0.611. The van der Waals surface area contributed by atoms with E-state index in [-0.39, 0.29) is 0 Å². The van der Waals surface area contributed by atoms with Gasteiger partial charge < -0.3 is 9.84 Å². The van der Waals surface area contributed by atoms with E-state index in [0.29, 0.717) is 23.5 Å². The fourth-order valence-electron chi connectivity index (χ4n) is 2.57. The minimum absolute atomic E-state index is 0.573. The molecule has 2 aromatic carbocycles. The first-order chi connectivity index (χ1) is 11.8. The van der Waals surface area contributed by atoms with E-state index in [2.05, 4.69) is 39.5 Å². The zero-order valence-electron chi connectivity index (χ0n) is 13.2. The lowest BCUT2D eigenvalue weighted by molar-refractivity contribution is 0.459. The maximum atomic E-state index is 5.52. The second-order valence-corrected chi connectivity index (χ2v) is 5.64. The Morgan fingerprint density at radius 1 is 0.958 bits per heavy atom. The maximum absolute atomic E-state index is 5.52. The Morgan fingerprint density at radius 2 is 1.75 bits per heavy atom. The predicted molar refractivity (Wildman–Crippen MR) is 93.5 cm³/mol. The number of rotatable bonds is 4. The summed E-state index contributed by atoms with van der Waals surface area (Å²) in [6.45, 7) is 2.71. The van der Waals surface area contributed by atoms with Gasteiger partial charge in [-0.15, -0.1) is 0 Å². The second kappa shape index (κ2) is 6.12. The molecule has 2 heterocycles. The van der Waals surface area contributed by atoms with Gasteiger partial charge in [0.05, 0.1) is 0 Å². The summed E-state index contributed by atoms with van der Waals surface area (Å²) < 4.78 is 5.52. The molecule has 0 saturated heterocycles. The highest BCUT2D eigenvalue weighted by molar-refractivity contribution is 5.93. The van der Waals surface area contributed by atoms with Crippen molar-refractivity contribution in [1.29, 1.82) is 0 Å². The first kappa shape index (κ1) is 14.4. The largest absolute Gasteiger partial charge is 0.363 e. The molecular formula is C19H16N4O. The number of fused-ring (bicyclic) bond motifs is 1. The smallest absolute Gasteiger partial charge is 0.228 e. The summed E-state index contributed by atoms with van der Waals surface area (Å²) in [6, 6.07) is 18.3. The fraction of sp³-hybridized carbons (Fsp3) is 0.105. The van der Waals surface area contributed by atoms with Crippen LogP contribution in [0.3, 0.4) is 0 Å². The van der Waals surface area contributed by atoms with E-state index in [1.807, 2.05) is 42.5 Å². The molecule has 5 heteroatoms. The monoisotopic (exact) mass is 316 g/mol. The standard InChI is InChI=1S/C19H16N4O/c1-13-7-9-15(10-8-13)16-17-18(24-23-16)19(22-12-21-17)20-11-14-5-3-2-4-6-14/h2-10,12H,11H2,1H3,(H,20,21,22). The van der Waals surface area contributed by atoms with Gasteiger partial charge in [0.15, 0.2) is 5.82 Å². The Kier molecular flexibility index (Phi) is 3.67. The molecule has 0 spiro atoms. The third kappa shape index (κ3) is 2.72. The Morgan fingerprint density at radius 3 is 2.54 bits per heavy atom. The molecule has 0 radical (unpaired) electrons. The molecule has 1 N–H and O–H groups in total. The molecule has 24 heavy (non-hydrogen) atoms. The highest BCUT2D eigenvalue weighted by Gasteiger charge is 2.15. The molecular weight excluding hydrogens is 300 g/mol. The van der Waals surface area contributed by atoms with Crippen LogP contribution >= 0.6 is 0 Å². The van der Waals surface area contributed by atoms with Crippen molar-refractivity contribution in [2.24, 2.45) is 0 Å². The summed E-state index contributed by atoms with van der Waals surface area (Å²) >= 11 is 0. The Balaban J connectivity index is 1.67. The number of hydrogen-bond acceptors (Lipinski definition) is 5. The number of aromatic nitrogens is 3.